The van der Waals surface area contributed by atoms with Crippen molar-refractivity contribution in [3.8, 4) is 5.75 Å². The number of nitrogens with zero attached hydrogens (tertiary/aromatic N) is 2. The molecule has 24 heavy (non-hydrogen) atoms. The highest BCUT2D eigenvalue weighted by Gasteiger charge is 2.19. The van der Waals surface area contributed by atoms with Gasteiger partial charge in [-0.3, -0.25) is 9.78 Å². The van der Waals surface area contributed by atoms with E-state index >= 15 is 0 Å². The highest BCUT2D eigenvalue weighted by atomic mass is 16.5. The maximum absolute atomic E-state index is 12.6. The molecule has 126 valence electrons. The Kier molecular flexibility index (Phi) is 5.11. The normalized spacial score (nSPS) is 14.5. The van der Waals surface area contributed by atoms with E-state index in [1.54, 1.807) is 12.4 Å². The molecule has 0 saturated carbocycles. The summed E-state index contributed by atoms with van der Waals surface area (Å²) < 4.78 is 5.96. The first-order valence-electron chi connectivity index (χ1n) is 8.28. The van der Waals surface area contributed by atoms with Crippen molar-refractivity contribution in [2.75, 3.05) is 26.2 Å². The van der Waals surface area contributed by atoms with Gasteiger partial charge in [0, 0.05) is 49.7 Å². The lowest BCUT2D eigenvalue weighted by Gasteiger charge is -2.28. The molecule has 1 amide bonds. The summed E-state index contributed by atoms with van der Waals surface area (Å²) in [5.74, 6) is 0.942. The molecule has 1 aromatic carbocycles. The van der Waals surface area contributed by atoms with Gasteiger partial charge < -0.3 is 15.0 Å². The Morgan fingerprint density at radius 1 is 1.25 bits per heavy atom. The average Bonchev–Trinajstić information content (AvgIpc) is 2.62. The molecule has 1 aliphatic rings. The van der Waals surface area contributed by atoms with Crippen LogP contribution in [0.3, 0.4) is 0 Å². The molecule has 1 saturated heterocycles. The molecular weight excluding hydrogens is 302 g/mol. The smallest absolute Gasteiger partial charge is 0.253 e. The first-order valence-corrected chi connectivity index (χ1v) is 8.28. The van der Waals surface area contributed by atoms with E-state index in [1.165, 1.54) is 0 Å². The van der Waals surface area contributed by atoms with Crippen LogP contribution in [0, 0.1) is 13.8 Å². The Hall–Kier alpha value is -2.40. The van der Waals surface area contributed by atoms with E-state index in [2.05, 4.69) is 10.3 Å². The molecule has 1 aromatic heterocycles. The molecule has 1 N–H and O–H groups in total. The Morgan fingerprint density at radius 2 is 1.96 bits per heavy atom. The number of carbonyl (C=O) groups excluding carboxylic acids is 1. The third kappa shape index (κ3) is 3.74. The summed E-state index contributed by atoms with van der Waals surface area (Å²) in [6, 6.07) is 7.74. The SMILES string of the molecule is Cc1cc(C(=O)N2CCNCC2)cc(C)c1OCc1cccnc1. The van der Waals surface area contributed by atoms with Crippen LogP contribution in [-0.2, 0) is 6.61 Å². The van der Waals surface area contributed by atoms with Crippen molar-refractivity contribution in [3.05, 3.63) is 58.9 Å². The molecule has 2 heterocycles. The minimum atomic E-state index is 0.0986. The molecule has 0 bridgehead atoms. The number of benzene rings is 1. The van der Waals surface area contributed by atoms with Crippen LogP contribution in [0.15, 0.2) is 36.7 Å². The summed E-state index contributed by atoms with van der Waals surface area (Å²) in [6.45, 7) is 7.68. The van der Waals surface area contributed by atoms with E-state index in [0.717, 1.165) is 54.2 Å². The second-order valence-corrected chi connectivity index (χ2v) is 6.13. The lowest BCUT2D eigenvalue weighted by atomic mass is 10.0. The molecule has 2 aromatic rings. The third-order valence-electron chi connectivity index (χ3n) is 4.22. The number of piperazine rings is 1. The number of hydrogen-bond donors (Lipinski definition) is 1. The second kappa shape index (κ2) is 7.45. The lowest BCUT2D eigenvalue weighted by molar-refractivity contribution is 0.0735. The third-order valence-corrected chi connectivity index (χ3v) is 4.22. The van der Waals surface area contributed by atoms with Crippen molar-refractivity contribution < 1.29 is 9.53 Å². The number of aromatic nitrogens is 1. The van der Waals surface area contributed by atoms with E-state index in [1.807, 2.05) is 43.0 Å². The minimum absolute atomic E-state index is 0.0986. The number of rotatable bonds is 4. The molecule has 3 rings (SSSR count). The fourth-order valence-corrected chi connectivity index (χ4v) is 2.99. The van der Waals surface area contributed by atoms with Gasteiger partial charge in [0.2, 0.25) is 0 Å². The van der Waals surface area contributed by atoms with Crippen LogP contribution >= 0.6 is 0 Å². The van der Waals surface area contributed by atoms with Gasteiger partial charge in [0.05, 0.1) is 0 Å². The molecule has 0 unspecified atom stereocenters. The van der Waals surface area contributed by atoms with Crippen LogP contribution in [0.2, 0.25) is 0 Å². The zero-order valence-electron chi connectivity index (χ0n) is 14.2. The average molecular weight is 325 g/mol. The van der Waals surface area contributed by atoms with Gasteiger partial charge in [0.15, 0.2) is 0 Å². The van der Waals surface area contributed by atoms with Gasteiger partial charge >= 0.3 is 0 Å². The Morgan fingerprint density at radius 3 is 2.58 bits per heavy atom. The molecule has 5 nitrogen and oxygen atoms in total. The summed E-state index contributed by atoms with van der Waals surface area (Å²) in [4.78, 5) is 18.6. The number of aryl methyl sites for hydroxylation is 2. The van der Waals surface area contributed by atoms with E-state index in [-0.39, 0.29) is 5.91 Å². The number of nitrogens with one attached hydrogen (secondary N) is 1. The topological polar surface area (TPSA) is 54.5 Å². The summed E-state index contributed by atoms with van der Waals surface area (Å²) in [6.07, 6.45) is 3.55. The van der Waals surface area contributed by atoms with E-state index in [0.29, 0.717) is 6.61 Å². The highest BCUT2D eigenvalue weighted by molar-refractivity contribution is 5.95. The lowest BCUT2D eigenvalue weighted by Crippen LogP contribution is -2.46. The Labute approximate surface area is 142 Å². The first kappa shape index (κ1) is 16.5. The van der Waals surface area contributed by atoms with Crippen LogP contribution in [0.5, 0.6) is 5.75 Å². The quantitative estimate of drug-likeness (QED) is 0.937. The summed E-state index contributed by atoms with van der Waals surface area (Å²) in [7, 11) is 0. The van der Waals surface area contributed by atoms with Gasteiger partial charge in [-0.15, -0.1) is 0 Å². The van der Waals surface area contributed by atoms with Crippen molar-refractivity contribution in [3.63, 3.8) is 0 Å². The van der Waals surface area contributed by atoms with Crippen LogP contribution in [0.25, 0.3) is 0 Å². The standard InChI is InChI=1S/C19H23N3O2/c1-14-10-17(19(23)22-8-6-20-7-9-22)11-15(2)18(14)24-13-16-4-3-5-21-12-16/h3-5,10-12,20H,6-9,13H2,1-2H3. The zero-order chi connectivity index (χ0) is 16.9. The van der Waals surface area contributed by atoms with Crippen LogP contribution < -0.4 is 10.1 Å². The molecule has 5 heteroatoms. The molecular formula is C19H23N3O2. The number of ether oxygens (including phenoxy) is 1. The van der Waals surface area contributed by atoms with E-state index < -0.39 is 0 Å². The van der Waals surface area contributed by atoms with Gasteiger partial charge in [-0.25, -0.2) is 0 Å². The van der Waals surface area contributed by atoms with Crippen LogP contribution in [0.1, 0.15) is 27.0 Å². The fourth-order valence-electron chi connectivity index (χ4n) is 2.99. The molecule has 0 radical (unpaired) electrons. The number of carbonyl (C=O) groups is 1. The number of pyridine rings is 1. The van der Waals surface area contributed by atoms with Crippen molar-refractivity contribution in [2.24, 2.45) is 0 Å². The predicted octanol–water partition coefficient (Wildman–Crippen LogP) is 2.32. The summed E-state index contributed by atoms with van der Waals surface area (Å²) in [5.41, 5.74) is 3.73. The van der Waals surface area contributed by atoms with E-state index in [9.17, 15) is 4.79 Å². The zero-order valence-corrected chi connectivity index (χ0v) is 14.2. The molecule has 1 fully saturated rings. The van der Waals surface area contributed by atoms with Gasteiger partial charge in [-0.2, -0.15) is 0 Å². The predicted molar refractivity (Wildman–Crippen MR) is 93.3 cm³/mol. The largest absolute Gasteiger partial charge is 0.488 e. The molecule has 0 spiro atoms. The maximum atomic E-state index is 12.6. The minimum Gasteiger partial charge on any atom is -0.488 e. The van der Waals surface area contributed by atoms with Gasteiger partial charge in [-0.1, -0.05) is 6.07 Å². The second-order valence-electron chi connectivity index (χ2n) is 6.13. The first-order chi connectivity index (χ1) is 11.6. The van der Waals surface area contributed by atoms with Crippen molar-refractivity contribution in [1.29, 1.82) is 0 Å². The Bertz CT molecular complexity index is 687. The number of amides is 1. The monoisotopic (exact) mass is 325 g/mol. The van der Waals surface area contributed by atoms with Gasteiger partial charge in [0.25, 0.3) is 5.91 Å². The van der Waals surface area contributed by atoms with Gasteiger partial charge in [-0.05, 0) is 43.2 Å². The van der Waals surface area contributed by atoms with Crippen molar-refractivity contribution in [2.45, 2.75) is 20.5 Å². The Balaban J connectivity index is 1.74. The van der Waals surface area contributed by atoms with Crippen molar-refractivity contribution in [1.82, 2.24) is 15.2 Å². The van der Waals surface area contributed by atoms with Gasteiger partial charge in [0.1, 0.15) is 12.4 Å². The van der Waals surface area contributed by atoms with Crippen molar-refractivity contribution >= 4 is 5.91 Å². The number of hydrogen-bond acceptors (Lipinski definition) is 4. The molecule has 0 atom stereocenters. The van der Waals surface area contributed by atoms with E-state index in [4.69, 9.17) is 4.74 Å². The summed E-state index contributed by atoms with van der Waals surface area (Å²) >= 11 is 0. The molecule has 0 aliphatic carbocycles. The maximum Gasteiger partial charge on any atom is 0.253 e. The molecule has 1 aliphatic heterocycles. The fraction of sp³-hybridized carbons (Fsp3) is 0.368. The van der Waals surface area contributed by atoms with Crippen LogP contribution in [0.4, 0.5) is 0 Å². The highest BCUT2D eigenvalue weighted by Crippen LogP contribution is 2.26. The summed E-state index contributed by atoms with van der Waals surface area (Å²) in [5, 5.41) is 3.27. The van der Waals surface area contributed by atoms with Crippen LogP contribution in [-0.4, -0.2) is 42.0 Å².